The molecule has 23 heavy (non-hydrogen) atoms. The first-order valence-electron chi connectivity index (χ1n) is 7.35. The Morgan fingerprint density at radius 3 is 2.61 bits per heavy atom. The minimum atomic E-state index is -3.19. The predicted molar refractivity (Wildman–Crippen MR) is 90.8 cm³/mol. The van der Waals surface area contributed by atoms with E-state index in [-0.39, 0.29) is 5.75 Å². The number of aromatic nitrogens is 3. The summed E-state index contributed by atoms with van der Waals surface area (Å²) in [6.45, 7) is 1.91. The van der Waals surface area contributed by atoms with Crippen molar-refractivity contribution in [2.24, 2.45) is 0 Å². The van der Waals surface area contributed by atoms with Gasteiger partial charge in [-0.1, -0.05) is 6.07 Å². The van der Waals surface area contributed by atoms with Gasteiger partial charge in [-0.25, -0.2) is 23.1 Å². The Morgan fingerprint density at radius 1 is 1.22 bits per heavy atom. The van der Waals surface area contributed by atoms with Gasteiger partial charge in [0.15, 0.2) is 5.82 Å². The van der Waals surface area contributed by atoms with Crippen LogP contribution in [-0.2, 0) is 16.4 Å². The molecular weight excluding hydrogens is 314 g/mol. The number of nitrogens with one attached hydrogen (secondary N) is 1. The largest absolute Gasteiger partial charge is 0.363 e. The van der Waals surface area contributed by atoms with E-state index in [1.165, 1.54) is 0 Å². The third kappa shape index (κ3) is 4.97. The number of rotatable bonds is 7. The van der Waals surface area contributed by atoms with E-state index >= 15 is 0 Å². The zero-order chi connectivity index (χ0) is 16.9. The molecular formula is C15H21N5O2S. The van der Waals surface area contributed by atoms with Crippen LogP contribution in [0.5, 0.6) is 0 Å². The molecule has 0 aliphatic carbocycles. The molecule has 0 aliphatic rings. The Labute approximate surface area is 136 Å². The second-order valence-electron chi connectivity index (χ2n) is 5.20. The molecule has 2 aromatic heterocycles. The fourth-order valence-corrected chi connectivity index (χ4v) is 2.50. The molecule has 8 heteroatoms. The first kappa shape index (κ1) is 17.3. The maximum Gasteiger partial charge on any atom is 0.211 e. The van der Waals surface area contributed by atoms with Gasteiger partial charge in [-0.15, -0.1) is 0 Å². The van der Waals surface area contributed by atoms with E-state index in [9.17, 15) is 8.42 Å². The lowest BCUT2D eigenvalue weighted by atomic mass is 10.2. The molecule has 0 saturated carbocycles. The summed E-state index contributed by atoms with van der Waals surface area (Å²) in [5.74, 6) is 1.36. The molecule has 0 aliphatic heterocycles. The van der Waals surface area contributed by atoms with Crippen LogP contribution in [0.2, 0.25) is 0 Å². The summed E-state index contributed by atoms with van der Waals surface area (Å²) in [5, 5.41) is 0. The zero-order valence-corrected chi connectivity index (χ0v) is 14.3. The van der Waals surface area contributed by atoms with Crippen molar-refractivity contribution < 1.29 is 8.42 Å². The fourth-order valence-electron chi connectivity index (χ4n) is 1.89. The molecule has 1 N–H and O–H groups in total. The van der Waals surface area contributed by atoms with Gasteiger partial charge in [0, 0.05) is 45.0 Å². The molecule has 2 rings (SSSR count). The summed E-state index contributed by atoms with van der Waals surface area (Å²) in [7, 11) is 0.599. The van der Waals surface area contributed by atoms with Gasteiger partial charge in [0.2, 0.25) is 10.0 Å². The Balaban J connectivity index is 2.24. The number of pyridine rings is 1. The lowest BCUT2D eigenvalue weighted by Crippen LogP contribution is -2.27. The SMILES string of the molecule is CCS(=O)(=O)NCCc1cc(N(C)C)nc(-c2ccccn2)n1. The highest BCUT2D eigenvalue weighted by atomic mass is 32.2. The van der Waals surface area contributed by atoms with Gasteiger partial charge in [0.1, 0.15) is 11.5 Å². The number of nitrogens with zero attached hydrogens (tertiary/aromatic N) is 4. The Morgan fingerprint density at radius 2 is 2.00 bits per heavy atom. The van der Waals surface area contributed by atoms with Crippen molar-refractivity contribution in [2.75, 3.05) is 31.3 Å². The second-order valence-corrected chi connectivity index (χ2v) is 7.29. The van der Waals surface area contributed by atoms with Crippen LogP contribution in [0.3, 0.4) is 0 Å². The average Bonchev–Trinajstić information content (AvgIpc) is 2.55. The lowest BCUT2D eigenvalue weighted by molar-refractivity contribution is 0.582. The van der Waals surface area contributed by atoms with Crippen molar-refractivity contribution in [1.29, 1.82) is 0 Å². The van der Waals surface area contributed by atoms with E-state index in [4.69, 9.17) is 0 Å². The van der Waals surface area contributed by atoms with E-state index in [1.807, 2.05) is 43.3 Å². The topological polar surface area (TPSA) is 88.1 Å². The first-order chi connectivity index (χ1) is 10.9. The zero-order valence-electron chi connectivity index (χ0n) is 13.5. The monoisotopic (exact) mass is 335 g/mol. The van der Waals surface area contributed by atoms with Crippen LogP contribution in [0.4, 0.5) is 5.82 Å². The lowest BCUT2D eigenvalue weighted by Gasteiger charge is -2.14. The summed E-state index contributed by atoms with van der Waals surface area (Å²) in [6.07, 6.45) is 2.18. The van der Waals surface area contributed by atoms with Crippen LogP contribution >= 0.6 is 0 Å². The maximum atomic E-state index is 11.5. The van der Waals surface area contributed by atoms with Crippen molar-refractivity contribution in [2.45, 2.75) is 13.3 Å². The number of anilines is 1. The molecule has 0 saturated heterocycles. The van der Waals surface area contributed by atoms with E-state index in [1.54, 1.807) is 13.1 Å². The van der Waals surface area contributed by atoms with Crippen LogP contribution in [0, 0.1) is 0 Å². The maximum absolute atomic E-state index is 11.5. The predicted octanol–water partition coefficient (Wildman–Crippen LogP) is 1.09. The molecule has 0 spiro atoms. The number of hydrogen-bond acceptors (Lipinski definition) is 6. The van der Waals surface area contributed by atoms with Gasteiger partial charge in [-0.2, -0.15) is 0 Å². The summed E-state index contributed by atoms with van der Waals surface area (Å²) in [6, 6.07) is 7.41. The minimum Gasteiger partial charge on any atom is -0.363 e. The molecule has 2 aromatic rings. The molecule has 0 aromatic carbocycles. The first-order valence-corrected chi connectivity index (χ1v) is 9.00. The third-order valence-corrected chi connectivity index (χ3v) is 4.61. The van der Waals surface area contributed by atoms with Gasteiger partial charge in [-0.3, -0.25) is 4.98 Å². The quantitative estimate of drug-likeness (QED) is 0.815. The van der Waals surface area contributed by atoms with Crippen molar-refractivity contribution in [3.8, 4) is 11.5 Å². The highest BCUT2D eigenvalue weighted by Crippen LogP contribution is 2.17. The highest BCUT2D eigenvalue weighted by Gasteiger charge is 2.11. The van der Waals surface area contributed by atoms with E-state index in [0.29, 0.717) is 24.5 Å². The molecule has 7 nitrogen and oxygen atoms in total. The van der Waals surface area contributed by atoms with Gasteiger partial charge >= 0.3 is 0 Å². The smallest absolute Gasteiger partial charge is 0.211 e. The average molecular weight is 335 g/mol. The van der Waals surface area contributed by atoms with Gasteiger partial charge in [0.25, 0.3) is 0 Å². The van der Waals surface area contributed by atoms with Crippen molar-refractivity contribution in [3.05, 3.63) is 36.2 Å². The molecule has 0 atom stereocenters. The fraction of sp³-hybridized carbons (Fsp3) is 0.400. The normalized spacial score (nSPS) is 11.4. The van der Waals surface area contributed by atoms with Crippen LogP contribution in [0.25, 0.3) is 11.5 Å². The van der Waals surface area contributed by atoms with Crippen molar-refractivity contribution in [1.82, 2.24) is 19.7 Å². The Kier molecular flexibility index (Phi) is 5.62. The van der Waals surface area contributed by atoms with Crippen LogP contribution in [-0.4, -0.2) is 49.8 Å². The minimum absolute atomic E-state index is 0.0684. The van der Waals surface area contributed by atoms with E-state index in [2.05, 4.69) is 19.7 Å². The molecule has 0 unspecified atom stereocenters. The molecule has 0 fully saturated rings. The third-order valence-electron chi connectivity index (χ3n) is 3.20. The van der Waals surface area contributed by atoms with Crippen molar-refractivity contribution in [3.63, 3.8) is 0 Å². The van der Waals surface area contributed by atoms with Crippen LogP contribution in [0.1, 0.15) is 12.6 Å². The molecule has 0 bridgehead atoms. The second kappa shape index (κ2) is 7.47. The Hall–Kier alpha value is -2.06. The number of sulfonamides is 1. The summed E-state index contributed by atoms with van der Waals surface area (Å²) < 4.78 is 25.5. The molecule has 124 valence electrons. The van der Waals surface area contributed by atoms with Crippen LogP contribution in [0.15, 0.2) is 30.5 Å². The van der Waals surface area contributed by atoms with Crippen molar-refractivity contribution >= 4 is 15.8 Å². The molecule has 0 radical (unpaired) electrons. The highest BCUT2D eigenvalue weighted by molar-refractivity contribution is 7.89. The van der Waals surface area contributed by atoms with E-state index in [0.717, 1.165) is 11.5 Å². The van der Waals surface area contributed by atoms with Gasteiger partial charge in [0.05, 0.1) is 5.75 Å². The number of hydrogen-bond donors (Lipinski definition) is 1. The van der Waals surface area contributed by atoms with E-state index < -0.39 is 10.0 Å². The summed E-state index contributed by atoms with van der Waals surface area (Å²) >= 11 is 0. The Bertz CT molecular complexity index is 748. The van der Waals surface area contributed by atoms with Gasteiger partial charge in [-0.05, 0) is 19.1 Å². The molecule has 0 amide bonds. The summed E-state index contributed by atoms with van der Waals surface area (Å²) in [5.41, 5.74) is 1.45. The van der Waals surface area contributed by atoms with Crippen LogP contribution < -0.4 is 9.62 Å². The molecule has 2 heterocycles. The van der Waals surface area contributed by atoms with Gasteiger partial charge < -0.3 is 4.90 Å². The standard InChI is InChI=1S/C15H21N5O2S/c1-4-23(21,22)17-10-8-12-11-14(20(2)3)19-15(18-12)13-7-5-6-9-16-13/h5-7,9,11,17H,4,8,10H2,1-3H3. The summed E-state index contributed by atoms with van der Waals surface area (Å²) in [4.78, 5) is 15.1.